The first kappa shape index (κ1) is 15.8. The Morgan fingerprint density at radius 3 is 2.25 bits per heavy atom. The van der Waals surface area contributed by atoms with Gasteiger partial charge in [0.25, 0.3) is 0 Å². The van der Waals surface area contributed by atoms with Gasteiger partial charge in [-0.1, -0.05) is 32.9 Å². The van der Waals surface area contributed by atoms with Gasteiger partial charge in [0.2, 0.25) is 5.91 Å². The predicted molar refractivity (Wildman–Crippen MR) is 78.9 cm³/mol. The zero-order valence-corrected chi connectivity index (χ0v) is 11.9. The fourth-order valence-corrected chi connectivity index (χ4v) is 1.62. The smallest absolute Gasteiger partial charge is 0.326 e. The lowest BCUT2D eigenvalue weighted by Crippen LogP contribution is -2.48. The van der Waals surface area contributed by atoms with E-state index in [0.717, 1.165) is 5.56 Å². The summed E-state index contributed by atoms with van der Waals surface area (Å²) >= 11 is 0. The minimum Gasteiger partial charge on any atom is -0.480 e. The first-order chi connectivity index (χ1) is 9.20. The summed E-state index contributed by atoms with van der Waals surface area (Å²) in [4.78, 5) is 22.9. The lowest BCUT2D eigenvalue weighted by atomic mass is 9.87. The van der Waals surface area contributed by atoms with E-state index in [1.165, 1.54) is 6.08 Å². The Kier molecular flexibility index (Phi) is 4.91. The number of carboxylic acids is 1. The molecule has 1 unspecified atom stereocenters. The molecule has 1 atom stereocenters. The third-order valence-electron chi connectivity index (χ3n) is 2.76. The van der Waals surface area contributed by atoms with E-state index >= 15 is 0 Å². The first-order valence-electron chi connectivity index (χ1n) is 6.27. The van der Waals surface area contributed by atoms with Crippen LogP contribution in [0.2, 0.25) is 0 Å². The van der Waals surface area contributed by atoms with Gasteiger partial charge in [0.1, 0.15) is 6.04 Å². The molecule has 0 bridgehead atoms. The molecule has 0 saturated heterocycles. The van der Waals surface area contributed by atoms with Crippen molar-refractivity contribution in [2.45, 2.75) is 26.8 Å². The highest BCUT2D eigenvalue weighted by Crippen LogP contribution is 2.19. The van der Waals surface area contributed by atoms with Crippen molar-refractivity contribution < 1.29 is 14.7 Å². The first-order valence-corrected chi connectivity index (χ1v) is 6.27. The molecule has 4 N–H and O–H groups in total. The van der Waals surface area contributed by atoms with Crippen molar-refractivity contribution in [1.29, 1.82) is 0 Å². The molecule has 0 radical (unpaired) electrons. The Morgan fingerprint density at radius 2 is 1.80 bits per heavy atom. The number of nitrogens with one attached hydrogen (secondary N) is 1. The van der Waals surface area contributed by atoms with E-state index in [0.29, 0.717) is 5.69 Å². The van der Waals surface area contributed by atoms with Gasteiger partial charge >= 0.3 is 5.97 Å². The van der Waals surface area contributed by atoms with Crippen molar-refractivity contribution in [1.82, 2.24) is 5.32 Å². The van der Waals surface area contributed by atoms with Crippen molar-refractivity contribution in [3.63, 3.8) is 0 Å². The van der Waals surface area contributed by atoms with E-state index in [-0.39, 0.29) is 0 Å². The van der Waals surface area contributed by atoms with Crippen molar-refractivity contribution in [2.24, 2.45) is 5.41 Å². The zero-order chi connectivity index (χ0) is 15.3. The lowest BCUT2D eigenvalue weighted by molar-refractivity contribution is -0.144. The molecule has 1 amide bonds. The summed E-state index contributed by atoms with van der Waals surface area (Å²) in [5, 5.41) is 11.6. The topological polar surface area (TPSA) is 92.4 Å². The van der Waals surface area contributed by atoms with Crippen molar-refractivity contribution in [3.8, 4) is 0 Å². The molecule has 0 aliphatic heterocycles. The quantitative estimate of drug-likeness (QED) is 0.578. The highest BCUT2D eigenvalue weighted by Gasteiger charge is 2.31. The molecular formula is C15H20N2O3. The van der Waals surface area contributed by atoms with Gasteiger partial charge in [-0.3, -0.25) is 4.79 Å². The lowest BCUT2D eigenvalue weighted by Gasteiger charge is -2.27. The Labute approximate surface area is 118 Å². The Morgan fingerprint density at radius 1 is 1.25 bits per heavy atom. The molecule has 0 fully saturated rings. The second-order valence-electron chi connectivity index (χ2n) is 5.65. The Hall–Kier alpha value is -2.30. The van der Waals surface area contributed by atoms with Crippen LogP contribution in [0.3, 0.4) is 0 Å². The maximum absolute atomic E-state index is 11.8. The molecule has 108 valence electrons. The number of anilines is 1. The summed E-state index contributed by atoms with van der Waals surface area (Å²) in [5.74, 6) is -1.49. The molecule has 0 aromatic heterocycles. The van der Waals surface area contributed by atoms with Gasteiger partial charge in [0, 0.05) is 11.8 Å². The van der Waals surface area contributed by atoms with Gasteiger partial charge in [-0.2, -0.15) is 0 Å². The van der Waals surface area contributed by atoms with Crippen LogP contribution in [0.1, 0.15) is 26.3 Å². The summed E-state index contributed by atoms with van der Waals surface area (Å²) in [6.07, 6.45) is 2.92. The molecule has 5 nitrogen and oxygen atoms in total. The number of nitrogen functional groups attached to an aromatic ring is 1. The number of hydrogen-bond acceptors (Lipinski definition) is 3. The molecular weight excluding hydrogens is 256 g/mol. The number of aliphatic carboxylic acids is 1. The Balaban J connectivity index is 2.71. The number of carbonyl (C=O) groups is 2. The largest absolute Gasteiger partial charge is 0.480 e. The monoisotopic (exact) mass is 276 g/mol. The van der Waals surface area contributed by atoms with Crippen LogP contribution in [-0.4, -0.2) is 23.0 Å². The van der Waals surface area contributed by atoms with Crippen molar-refractivity contribution in [2.75, 3.05) is 5.73 Å². The van der Waals surface area contributed by atoms with Gasteiger partial charge in [0.05, 0.1) is 0 Å². The van der Waals surface area contributed by atoms with Crippen LogP contribution in [0.5, 0.6) is 0 Å². The summed E-state index contributed by atoms with van der Waals surface area (Å²) < 4.78 is 0. The summed E-state index contributed by atoms with van der Waals surface area (Å²) in [7, 11) is 0. The Bertz CT molecular complexity index is 513. The molecule has 1 aromatic rings. The SMILES string of the molecule is CC(C)(C)C(NC(=O)/C=C/c1ccc(N)cc1)C(=O)O. The normalized spacial score (nSPS) is 13.2. The van der Waals surface area contributed by atoms with E-state index in [1.807, 2.05) is 0 Å². The molecule has 0 heterocycles. The number of rotatable bonds is 4. The average Bonchev–Trinajstić information content (AvgIpc) is 2.33. The molecule has 0 aliphatic carbocycles. The molecule has 0 aliphatic rings. The minimum absolute atomic E-state index is 0.441. The van der Waals surface area contributed by atoms with Crippen molar-refractivity contribution >= 4 is 23.6 Å². The summed E-state index contributed by atoms with van der Waals surface area (Å²) in [5.41, 5.74) is 6.46. The zero-order valence-electron chi connectivity index (χ0n) is 11.9. The van der Waals surface area contributed by atoms with E-state index in [4.69, 9.17) is 10.8 Å². The molecule has 1 rings (SSSR count). The maximum Gasteiger partial charge on any atom is 0.326 e. The third kappa shape index (κ3) is 4.76. The molecule has 1 aromatic carbocycles. The third-order valence-corrected chi connectivity index (χ3v) is 2.76. The summed E-state index contributed by atoms with van der Waals surface area (Å²) in [6, 6.07) is 6.07. The van der Waals surface area contributed by atoms with Crippen LogP contribution in [0.15, 0.2) is 30.3 Å². The van der Waals surface area contributed by atoms with Gasteiger partial charge in [0.15, 0.2) is 0 Å². The highest BCUT2D eigenvalue weighted by atomic mass is 16.4. The number of carbonyl (C=O) groups excluding carboxylic acids is 1. The molecule has 0 saturated carbocycles. The van der Waals surface area contributed by atoms with Gasteiger partial charge in [-0.15, -0.1) is 0 Å². The van der Waals surface area contributed by atoms with Crippen LogP contribution in [0.25, 0.3) is 6.08 Å². The molecule has 5 heteroatoms. The second kappa shape index (κ2) is 6.23. The summed E-state index contributed by atoms with van der Waals surface area (Å²) in [6.45, 7) is 5.28. The van der Waals surface area contributed by atoms with Gasteiger partial charge in [-0.25, -0.2) is 4.79 Å². The van der Waals surface area contributed by atoms with Crippen LogP contribution >= 0.6 is 0 Å². The average molecular weight is 276 g/mol. The van der Waals surface area contributed by atoms with Crippen LogP contribution in [-0.2, 0) is 9.59 Å². The van der Waals surface area contributed by atoms with Gasteiger partial charge < -0.3 is 16.2 Å². The predicted octanol–water partition coefficient (Wildman–Crippen LogP) is 1.90. The second-order valence-corrected chi connectivity index (χ2v) is 5.65. The maximum atomic E-state index is 11.8. The standard InChI is InChI=1S/C15H20N2O3/c1-15(2,3)13(14(19)20)17-12(18)9-6-10-4-7-11(16)8-5-10/h4-9,13H,16H2,1-3H3,(H,17,18)(H,19,20)/b9-6+. The number of amides is 1. The number of benzene rings is 1. The van der Waals surface area contributed by atoms with Crippen LogP contribution in [0.4, 0.5) is 5.69 Å². The van der Waals surface area contributed by atoms with Crippen LogP contribution in [0, 0.1) is 5.41 Å². The van der Waals surface area contributed by atoms with E-state index in [1.54, 1.807) is 51.1 Å². The number of carboxylic acid groups (broad SMARTS) is 1. The number of nitrogens with two attached hydrogens (primary N) is 1. The van der Waals surface area contributed by atoms with Crippen LogP contribution < -0.4 is 11.1 Å². The van der Waals surface area contributed by atoms with Gasteiger partial charge in [-0.05, 0) is 29.2 Å². The fraction of sp³-hybridized carbons (Fsp3) is 0.333. The van der Waals surface area contributed by atoms with Crippen molar-refractivity contribution in [3.05, 3.63) is 35.9 Å². The number of hydrogen-bond donors (Lipinski definition) is 3. The highest BCUT2D eigenvalue weighted by molar-refractivity contribution is 5.94. The molecule has 20 heavy (non-hydrogen) atoms. The molecule has 0 spiro atoms. The fourth-order valence-electron chi connectivity index (χ4n) is 1.62. The van der Waals surface area contributed by atoms with E-state index in [9.17, 15) is 9.59 Å². The van der Waals surface area contributed by atoms with E-state index in [2.05, 4.69) is 5.32 Å². The minimum atomic E-state index is -1.05. The van der Waals surface area contributed by atoms with E-state index < -0.39 is 23.3 Å².